The van der Waals surface area contributed by atoms with Crippen LogP contribution in [0.15, 0.2) is 66.7 Å². The molecule has 0 saturated heterocycles. The van der Waals surface area contributed by atoms with E-state index >= 15 is 0 Å². The summed E-state index contributed by atoms with van der Waals surface area (Å²) < 4.78 is 43.6. The number of allylic oxidation sites excluding steroid dienone is 2. The number of aromatic amines is 1. The number of tetrazole rings is 1. The normalized spacial score (nSPS) is 15.5. The summed E-state index contributed by atoms with van der Waals surface area (Å²) in [6, 6.07) is 14.8. The Bertz CT molecular complexity index is 1380. The topological polar surface area (TPSA) is 111 Å². The third kappa shape index (κ3) is 6.02. The Morgan fingerprint density at radius 3 is 2.54 bits per heavy atom. The first kappa shape index (κ1) is 24.2. The number of amides is 1. The summed E-state index contributed by atoms with van der Waals surface area (Å²) in [6.07, 6.45) is 2.40. The zero-order chi connectivity index (χ0) is 25.8. The molecule has 2 heterocycles. The number of nitrogens with zero attached hydrogens (tertiary/aromatic N) is 5. The lowest BCUT2D eigenvalue weighted by Crippen LogP contribution is -2.17. The predicted octanol–water partition coefficient (Wildman–Crippen LogP) is 5.09. The second kappa shape index (κ2) is 10.2. The molecule has 5 rings (SSSR count). The fourth-order valence-corrected chi connectivity index (χ4v) is 4.20. The monoisotopic (exact) mass is 509 g/mol. The fourth-order valence-electron chi connectivity index (χ4n) is 4.20. The molecule has 1 aliphatic carbocycles. The summed E-state index contributed by atoms with van der Waals surface area (Å²) >= 11 is 0. The molecule has 9 nitrogen and oxygen atoms in total. The van der Waals surface area contributed by atoms with E-state index in [9.17, 15) is 18.0 Å². The minimum Gasteiger partial charge on any atom is -0.406 e. The third-order valence-electron chi connectivity index (χ3n) is 5.99. The molecule has 2 aromatic heterocycles. The van der Waals surface area contributed by atoms with Gasteiger partial charge in [-0.1, -0.05) is 29.4 Å². The van der Waals surface area contributed by atoms with Crippen molar-refractivity contribution < 1.29 is 22.7 Å². The van der Waals surface area contributed by atoms with E-state index in [2.05, 4.69) is 42.8 Å². The highest BCUT2D eigenvalue weighted by atomic mass is 19.4. The van der Waals surface area contributed by atoms with Crippen molar-refractivity contribution in [1.29, 1.82) is 0 Å². The number of alkyl halides is 3. The van der Waals surface area contributed by atoms with Crippen molar-refractivity contribution >= 4 is 11.9 Å². The number of ether oxygens (including phenoxy) is 1. The van der Waals surface area contributed by atoms with E-state index in [0.29, 0.717) is 12.1 Å². The lowest BCUT2D eigenvalue weighted by atomic mass is 9.91. The molecule has 1 amide bonds. The molecule has 37 heavy (non-hydrogen) atoms. The van der Waals surface area contributed by atoms with Gasteiger partial charge in [0.15, 0.2) is 0 Å². The van der Waals surface area contributed by atoms with Gasteiger partial charge in [0.1, 0.15) is 5.75 Å². The van der Waals surface area contributed by atoms with E-state index in [1.54, 1.807) is 24.3 Å². The van der Waals surface area contributed by atoms with Crippen molar-refractivity contribution in [3.05, 3.63) is 83.6 Å². The van der Waals surface area contributed by atoms with Gasteiger partial charge in [0.2, 0.25) is 0 Å². The molecular weight excluding hydrogens is 487 g/mol. The zero-order valence-electron chi connectivity index (χ0n) is 19.4. The summed E-state index contributed by atoms with van der Waals surface area (Å²) in [5.41, 5.74) is 3.75. The molecule has 0 radical (unpaired) electrons. The number of hydrogen-bond donors (Lipinski definition) is 2. The molecule has 0 bridgehead atoms. The molecule has 0 aliphatic heterocycles. The summed E-state index contributed by atoms with van der Waals surface area (Å²) in [7, 11) is 0. The van der Waals surface area contributed by atoms with E-state index in [1.165, 1.54) is 12.1 Å². The second-order valence-electron chi connectivity index (χ2n) is 8.55. The minimum atomic E-state index is -4.75. The van der Waals surface area contributed by atoms with Crippen LogP contribution in [0.2, 0.25) is 0 Å². The fraction of sp³-hybridized carbons (Fsp3) is 0.240. The Morgan fingerprint density at radius 2 is 1.89 bits per heavy atom. The van der Waals surface area contributed by atoms with E-state index in [1.807, 2.05) is 22.9 Å². The molecule has 0 saturated carbocycles. The number of H-pyrrole nitrogens is 1. The van der Waals surface area contributed by atoms with Gasteiger partial charge in [-0.2, -0.15) is 10.3 Å². The maximum atomic E-state index is 12.6. The van der Waals surface area contributed by atoms with Crippen molar-refractivity contribution in [2.45, 2.75) is 38.1 Å². The van der Waals surface area contributed by atoms with Crippen LogP contribution in [-0.4, -0.2) is 42.7 Å². The number of carbonyl (C=O) groups is 1. The predicted molar refractivity (Wildman–Crippen MR) is 128 cm³/mol. The molecule has 190 valence electrons. The summed E-state index contributed by atoms with van der Waals surface area (Å²) in [5, 5.41) is 20.5. The Labute approximate surface area is 209 Å². The standard InChI is InChI=1S/C25H22F3N7O2/c26-25(27,28)37-20-12-10-18(11-13-20)22-14-21(17-4-2-1-3-5-17)32-35(22)15-16-6-8-19(9-7-16)23(36)29-24-30-33-34-31-24/h1-2,6-14,17H,3-5,15H2,(H2,29,30,31,33,34,36). The highest BCUT2D eigenvalue weighted by molar-refractivity contribution is 6.03. The number of halogens is 3. The average molecular weight is 509 g/mol. The van der Waals surface area contributed by atoms with E-state index in [-0.39, 0.29) is 23.5 Å². The first-order valence-corrected chi connectivity index (χ1v) is 11.6. The molecule has 4 aromatic rings. The summed E-state index contributed by atoms with van der Waals surface area (Å²) in [4.78, 5) is 12.4. The molecule has 0 spiro atoms. The van der Waals surface area contributed by atoms with Crippen molar-refractivity contribution in [3.63, 3.8) is 0 Å². The van der Waals surface area contributed by atoms with Crippen LogP contribution in [0, 0.1) is 0 Å². The smallest absolute Gasteiger partial charge is 0.406 e. The van der Waals surface area contributed by atoms with Crippen molar-refractivity contribution in [2.75, 3.05) is 5.32 Å². The van der Waals surface area contributed by atoms with E-state index in [4.69, 9.17) is 5.10 Å². The number of carbonyl (C=O) groups excluding carboxylic acids is 1. The molecule has 2 aromatic carbocycles. The molecular formula is C25H22F3N7O2. The van der Waals surface area contributed by atoms with Gasteiger partial charge >= 0.3 is 6.36 Å². The number of rotatable bonds is 7. The second-order valence-corrected chi connectivity index (χ2v) is 8.55. The van der Waals surface area contributed by atoms with Gasteiger partial charge in [0.05, 0.1) is 17.9 Å². The highest BCUT2D eigenvalue weighted by Crippen LogP contribution is 2.33. The first-order valence-electron chi connectivity index (χ1n) is 11.6. The van der Waals surface area contributed by atoms with Gasteiger partial charge in [-0.3, -0.25) is 14.8 Å². The first-order chi connectivity index (χ1) is 17.8. The van der Waals surface area contributed by atoms with Crippen LogP contribution in [0.5, 0.6) is 5.75 Å². The van der Waals surface area contributed by atoms with Crippen LogP contribution in [0.25, 0.3) is 11.3 Å². The molecule has 1 atom stereocenters. The molecule has 2 N–H and O–H groups in total. The largest absolute Gasteiger partial charge is 0.573 e. The lowest BCUT2D eigenvalue weighted by molar-refractivity contribution is -0.274. The number of hydrogen-bond acceptors (Lipinski definition) is 6. The SMILES string of the molecule is O=C(Nc1nn[nH]n1)c1ccc(Cn2nc(C3CC=CCC3)cc2-c2ccc(OC(F)(F)F)cc2)cc1. The molecule has 0 fully saturated rings. The van der Waals surface area contributed by atoms with Crippen molar-refractivity contribution in [2.24, 2.45) is 0 Å². The molecule has 1 unspecified atom stereocenters. The van der Waals surface area contributed by atoms with Crippen LogP contribution in [0.3, 0.4) is 0 Å². The van der Waals surface area contributed by atoms with Crippen LogP contribution < -0.4 is 10.1 Å². The molecule has 1 aliphatic rings. The minimum absolute atomic E-state index is 0.0759. The van der Waals surface area contributed by atoms with Crippen LogP contribution >= 0.6 is 0 Å². The quantitative estimate of drug-likeness (QED) is 0.336. The van der Waals surface area contributed by atoms with Gasteiger partial charge in [0, 0.05) is 17.0 Å². The highest BCUT2D eigenvalue weighted by Gasteiger charge is 2.31. The van der Waals surface area contributed by atoms with Crippen LogP contribution in [0.1, 0.15) is 46.8 Å². The number of nitrogens with one attached hydrogen (secondary N) is 2. The van der Waals surface area contributed by atoms with Crippen molar-refractivity contribution in [1.82, 2.24) is 30.4 Å². The zero-order valence-corrected chi connectivity index (χ0v) is 19.4. The third-order valence-corrected chi connectivity index (χ3v) is 5.99. The van der Waals surface area contributed by atoms with E-state index < -0.39 is 6.36 Å². The summed E-state index contributed by atoms with van der Waals surface area (Å²) in [6.45, 7) is 0.408. The molecule has 12 heteroatoms. The lowest BCUT2D eigenvalue weighted by Gasteiger charge is -2.14. The number of benzene rings is 2. The van der Waals surface area contributed by atoms with Gasteiger partial charge in [-0.15, -0.1) is 18.3 Å². The Morgan fingerprint density at radius 1 is 1.11 bits per heavy atom. The maximum Gasteiger partial charge on any atom is 0.573 e. The Kier molecular flexibility index (Phi) is 6.71. The van der Waals surface area contributed by atoms with Crippen molar-refractivity contribution in [3.8, 4) is 17.0 Å². The summed E-state index contributed by atoms with van der Waals surface area (Å²) in [5.74, 6) is -0.308. The van der Waals surface area contributed by atoms with Gasteiger partial charge in [-0.05, 0) is 72.5 Å². The average Bonchev–Trinajstić information content (AvgIpc) is 3.55. The number of anilines is 1. The van der Waals surface area contributed by atoms with Gasteiger partial charge in [-0.25, -0.2) is 0 Å². The maximum absolute atomic E-state index is 12.6. The number of aromatic nitrogens is 6. The Balaban J connectivity index is 1.39. The van der Waals surface area contributed by atoms with Gasteiger partial charge < -0.3 is 4.74 Å². The Hall–Kier alpha value is -4.48. The van der Waals surface area contributed by atoms with E-state index in [0.717, 1.165) is 41.8 Å². The van der Waals surface area contributed by atoms with Crippen LogP contribution in [-0.2, 0) is 6.54 Å². The van der Waals surface area contributed by atoms with Crippen LogP contribution in [0.4, 0.5) is 19.1 Å². The van der Waals surface area contributed by atoms with Gasteiger partial charge in [0.25, 0.3) is 11.9 Å².